The molecule has 7 rings (SSSR count). The summed E-state index contributed by atoms with van der Waals surface area (Å²) in [6.07, 6.45) is 4.58. The van der Waals surface area contributed by atoms with Gasteiger partial charge in [0.15, 0.2) is 5.78 Å². The molecule has 12 nitrogen and oxygen atoms in total. The molecule has 0 radical (unpaired) electrons. The molecule has 3 aromatic carbocycles. The lowest BCUT2D eigenvalue weighted by Gasteiger charge is -2.36. The van der Waals surface area contributed by atoms with Gasteiger partial charge in [0.05, 0.1) is 23.5 Å². The van der Waals surface area contributed by atoms with E-state index in [1.807, 2.05) is 36.4 Å². The van der Waals surface area contributed by atoms with Crippen molar-refractivity contribution in [3.63, 3.8) is 0 Å². The Morgan fingerprint density at radius 1 is 0.860 bits per heavy atom. The number of aromatic nitrogens is 2. The molecule has 1 saturated heterocycles. The van der Waals surface area contributed by atoms with Crippen LogP contribution in [0.3, 0.4) is 0 Å². The zero-order chi connectivity index (χ0) is 35.2. The molecule has 2 aliphatic heterocycles. The first-order valence-corrected chi connectivity index (χ1v) is 16.5. The van der Waals surface area contributed by atoms with E-state index in [2.05, 4.69) is 46.6 Å². The summed E-state index contributed by atoms with van der Waals surface area (Å²) in [5, 5.41) is 5.64. The summed E-state index contributed by atoms with van der Waals surface area (Å²) in [6, 6.07) is 20.1. The first kappa shape index (κ1) is 32.6. The molecule has 4 amide bonds. The van der Waals surface area contributed by atoms with Crippen LogP contribution in [0, 0.1) is 0 Å². The van der Waals surface area contributed by atoms with Crippen LogP contribution in [0.25, 0.3) is 0 Å². The third-order valence-corrected chi connectivity index (χ3v) is 9.57. The van der Waals surface area contributed by atoms with Crippen molar-refractivity contribution in [2.45, 2.75) is 70.1 Å². The van der Waals surface area contributed by atoms with Crippen LogP contribution in [0.1, 0.15) is 88.8 Å². The molecule has 1 saturated carbocycles. The summed E-state index contributed by atoms with van der Waals surface area (Å²) in [5.74, 6) is -0.535. The van der Waals surface area contributed by atoms with Gasteiger partial charge in [-0.1, -0.05) is 38.1 Å². The van der Waals surface area contributed by atoms with Gasteiger partial charge in [-0.3, -0.25) is 34.2 Å². The Morgan fingerprint density at radius 3 is 2.14 bits per heavy atom. The molecule has 0 spiro atoms. The number of benzene rings is 3. The maximum Gasteiger partial charge on any atom is 0.262 e. The van der Waals surface area contributed by atoms with Gasteiger partial charge in [-0.15, -0.1) is 0 Å². The summed E-state index contributed by atoms with van der Waals surface area (Å²) in [6.45, 7) is 5.75. The van der Waals surface area contributed by atoms with Crippen molar-refractivity contribution in [2.75, 3.05) is 5.32 Å². The standard InChI is InChI=1S/C38H35N5O7/c1-21(44)31-19-40-34(20-39-31)50-27-11-6-23(7-12-27)38(2,3)22-4-9-26(10-5-22)49-28-16-25(17-28)41-24-8-13-29-30(18-24)37(48)43(36(29)47)32-14-15-33(45)42-35(32)46/h4-13,18-20,25,28,32,41H,14-17H2,1-3H3,(H,42,45,46). The minimum Gasteiger partial charge on any atom is -0.490 e. The van der Waals surface area contributed by atoms with Gasteiger partial charge in [-0.25, -0.2) is 9.97 Å². The number of carbonyl (C=O) groups excluding carboxylic acids is 5. The molecule has 3 aliphatic rings. The second-order valence-electron chi connectivity index (χ2n) is 13.3. The van der Waals surface area contributed by atoms with Crippen molar-refractivity contribution in [1.82, 2.24) is 20.2 Å². The van der Waals surface area contributed by atoms with Gasteiger partial charge in [-0.05, 0) is 60.0 Å². The summed E-state index contributed by atoms with van der Waals surface area (Å²) in [7, 11) is 0. The van der Waals surface area contributed by atoms with Crippen LogP contribution in [-0.4, -0.2) is 62.5 Å². The van der Waals surface area contributed by atoms with E-state index in [0.29, 0.717) is 17.3 Å². The number of piperidine rings is 1. The number of anilines is 1. The average Bonchev–Trinajstić information content (AvgIpc) is 3.32. The van der Waals surface area contributed by atoms with Crippen molar-refractivity contribution in [1.29, 1.82) is 0 Å². The zero-order valence-electron chi connectivity index (χ0n) is 27.8. The summed E-state index contributed by atoms with van der Waals surface area (Å²) in [5.41, 5.74) is 3.44. The second-order valence-corrected chi connectivity index (χ2v) is 13.3. The van der Waals surface area contributed by atoms with E-state index >= 15 is 0 Å². The van der Waals surface area contributed by atoms with Gasteiger partial charge in [0.25, 0.3) is 11.8 Å². The number of nitrogens with one attached hydrogen (secondary N) is 2. The fourth-order valence-corrected chi connectivity index (χ4v) is 6.50. The third kappa shape index (κ3) is 6.31. The van der Waals surface area contributed by atoms with E-state index in [9.17, 15) is 24.0 Å². The van der Waals surface area contributed by atoms with E-state index in [0.717, 1.165) is 34.6 Å². The summed E-state index contributed by atoms with van der Waals surface area (Å²) >= 11 is 0. The third-order valence-electron chi connectivity index (χ3n) is 9.57. The maximum absolute atomic E-state index is 13.2. The number of hydrogen-bond donors (Lipinski definition) is 2. The Balaban J connectivity index is 0.912. The fraction of sp³-hybridized carbons (Fsp3) is 0.289. The van der Waals surface area contributed by atoms with Crippen LogP contribution in [0.15, 0.2) is 79.1 Å². The number of imide groups is 2. The SMILES string of the molecule is CC(=O)c1cnc(Oc2ccc(C(C)(C)c3ccc(OC4CC(Nc5ccc6c(c5)C(=O)N(C5CCC(=O)NC5=O)C6=O)C4)cc3)cc2)cn1. The van der Waals surface area contributed by atoms with Crippen molar-refractivity contribution >= 4 is 35.1 Å². The van der Waals surface area contributed by atoms with Crippen LogP contribution < -0.4 is 20.1 Å². The van der Waals surface area contributed by atoms with E-state index in [-0.39, 0.29) is 53.0 Å². The Hall–Kier alpha value is -5.91. The van der Waals surface area contributed by atoms with Gasteiger partial charge in [0.2, 0.25) is 17.7 Å². The predicted molar refractivity (Wildman–Crippen MR) is 181 cm³/mol. The van der Waals surface area contributed by atoms with E-state index in [1.165, 1.54) is 19.3 Å². The molecule has 50 heavy (non-hydrogen) atoms. The Labute approximate surface area is 288 Å². The van der Waals surface area contributed by atoms with Gasteiger partial charge in [-0.2, -0.15) is 0 Å². The lowest BCUT2D eigenvalue weighted by molar-refractivity contribution is -0.136. The Morgan fingerprint density at radius 2 is 1.52 bits per heavy atom. The quantitative estimate of drug-likeness (QED) is 0.169. The van der Waals surface area contributed by atoms with Crippen molar-refractivity contribution < 1.29 is 33.4 Å². The number of fused-ring (bicyclic) bond motifs is 1. The van der Waals surface area contributed by atoms with Crippen LogP contribution in [0.2, 0.25) is 0 Å². The van der Waals surface area contributed by atoms with Crippen LogP contribution in [-0.2, 0) is 15.0 Å². The van der Waals surface area contributed by atoms with E-state index in [1.54, 1.807) is 18.2 Å². The molecule has 12 heteroatoms. The molecule has 1 aromatic heterocycles. The molecule has 1 aliphatic carbocycles. The molecule has 4 aromatic rings. The monoisotopic (exact) mass is 673 g/mol. The number of ketones is 1. The van der Waals surface area contributed by atoms with Gasteiger partial charge < -0.3 is 14.8 Å². The average molecular weight is 674 g/mol. The normalized spacial score (nSPS) is 20.1. The highest BCUT2D eigenvalue weighted by atomic mass is 16.5. The summed E-state index contributed by atoms with van der Waals surface area (Å²) in [4.78, 5) is 70.6. The van der Waals surface area contributed by atoms with Crippen molar-refractivity contribution in [2.24, 2.45) is 0 Å². The van der Waals surface area contributed by atoms with E-state index in [4.69, 9.17) is 9.47 Å². The molecule has 0 bridgehead atoms. The predicted octanol–water partition coefficient (Wildman–Crippen LogP) is 5.22. The van der Waals surface area contributed by atoms with E-state index < -0.39 is 29.7 Å². The number of amides is 4. The fourth-order valence-electron chi connectivity index (χ4n) is 6.50. The molecule has 1 unspecified atom stereocenters. The molecule has 2 N–H and O–H groups in total. The van der Waals surface area contributed by atoms with Crippen molar-refractivity contribution in [3.05, 3.63) is 107 Å². The largest absolute Gasteiger partial charge is 0.490 e. The molecule has 1 atom stereocenters. The first-order chi connectivity index (χ1) is 24.0. The highest BCUT2D eigenvalue weighted by Gasteiger charge is 2.44. The van der Waals surface area contributed by atoms with Crippen LogP contribution in [0.4, 0.5) is 5.69 Å². The highest BCUT2D eigenvalue weighted by Crippen LogP contribution is 2.36. The number of rotatable bonds is 10. The lowest BCUT2D eigenvalue weighted by atomic mass is 9.78. The number of Topliss-reactive ketones (excluding diaryl/α,β-unsaturated/α-hetero) is 1. The molecule has 3 heterocycles. The zero-order valence-corrected chi connectivity index (χ0v) is 27.8. The smallest absolute Gasteiger partial charge is 0.262 e. The number of ether oxygens (including phenoxy) is 2. The van der Waals surface area contributed by atoms with Gasteiger partial charge >= 0.3 is 0 Å². The number of hydrogen-bond acceptors (Lipinski definition) is 10. The van der Waals surface area contributed by atoms with Crippen LogP contribution in [0.5, 0.6) is 17.4 Å². The van der Waals surface area contributed by atoms with Gasteiger partial charge in [0.1, 0.15) is 29.3 Å². The highest BCUT2D eigenvalue weighted by molar-refractivity contribution is 6.23. The topological polar surface area (TPSA) is 157 Å². The Kier molecular flexibility index (Phi) is 8.38. The Bertz CT molecular complexity index is 2000. The minimum absolute atomic E-state index is 0.0305. The summed E-state index contributed by atoms with van der Waals surface area (Å²) < 4.78 is 12.0. The molecule has 254 valence electrons. The molecular weight excluding hydrogens is 638 g/mol. The van der Waals surface area contributed by atoms with Gasteiger partial charge in [0, 0.05) is 43.3 Å². The lowest BCUT2D eigenvalue weighted by Crippen LogP contribution is -2.54. The number of nitrogens with zero attached hydrogens (tertiary/aromatic N) is 3. The molecule has 2 fully saturated rings. The first-order valence-electron chi connectivity index (χ1n) is 16.5. The van der Waals surface area contributed by atoms with Crippen LogP contribution >= 0.6 is 0 Å². The molecular formula is C38H35N5O7. The second kappa shape index (κ2) is 12.8. The maximum atomic E-state index is 13.2. The minimum atomic E-state index is -0.991. The van der Waals surface area contributed by atoms with Crippen molar-refractivity contribution in [3.8, 4) is 17.4 Å². The number of carbonyl (C=O) groups is 5.